The van der Waals surface area contributed by atoms with E-state index < -0.39 is 0 Å². The van der Waals surface area contributed by atoms with Crippen LogP contribution >= 0.6 is 31.9 Å². The summed E-state index contributed by atoms with van der Waals surface area (Å²) in [6.45, 7) is 4.25. The van der Waals surface area contributed by atoms with Crippen molar-refractivity contribution in [2.24, 2.45) is 0 Å². The maximum atomic E-state index is 3.44. The Hall–Kier alpha value is 0.700. The highest BCUT2D eigenvalue weighted by atomic mass is 79.9. The topological polar surface area (TPSA) is 0 Å². The summed E-state index contributed by atoms with van der Waals surface area (Å²) < 4.78 is 2.56. The molecule has 0 N–H and O–H groups in total. The molecule has 0 saturated carbocycles. The summed E-state index contributed by atoms with van der Waals surface area (Å²) in [6, 6.07) is 0. The molecule has 2 heteroatoms. The van der Waals surface area contributed by atoms with Crippen LogP contribution in [0.4, 0.5) is 0 Å². The molecule has 0 nitrogen and oxygen atoms in total. The molecule has 0 rings (SSSR count). The van der Waals surface area contributed by atoms with Gasteiger partial charge in [-0.25, -0.2) is 0 Å². The van der Waals surface area contributed by atoms with Gasteiger partial charge in [0.05, 0.1) is 0 Å². The Balaban J connectivity index is 3.83. The Morgan fingerprint density at radius 3 is 1.38 bits per heavy atom. The second-order valence-electron chi connectivity index (χ2n) is 1.52. The number of halogens is 2. The van der Waals surface area contributed by atoms with E-state index in [9.17, 15) is 0 Å². The van der Waals surface area contributed by atoms with E-state index in [0.29, 0.717) is 0 Å². The third-order valence-corrected chi connectivity index (χ3v) is 3.53. The van der Waals surface area contributed by atoms with E-state index in [1.54, 1.807) is 0 Å². The van der Waals surface area contributed by atoms with Crippen LogP contribution < -0.4 is 0 Å². The fourth-order valence-corrected chi connectivity index (χ4v) is 0.944. The zero-order valence-corrected chi connectivity index (χ0v) is 8.34. The molecule has 0 aliphatic heterocycles. The number of rotatable bonds is 2. The summed E-state index contributed by atoms with van der Waals surface area (Å²) in [5, 5.41) is 0. The lowest BCUT2D eigenvalue weighted by molar-refractivity contribution is 1.13. The molecule has 48 valence electrons. The molecule has 0 bridgehead atoms. The predicted molar refractivity (Wildman–Crippen MR) is 45.5 cm³/mol. The minimum atomic E-state index is 1.08. The van der Waals surface area contributed by atoms with Crippen LogP contribution in [0.15, 0.2) is 8.96 Å². The molecule has 0 fully saturated rings. The molecule has 0 saturated heterocycles. The largest absolute Gasteiger partial charge is 0.0608 e. The normalized spacial score (nSPS) is 13.5. The van der Waals surface area contributed by atoms with Crippen LogP contribution in [-0.4, -0.2) is 0 Å². The van der Waals surface area contributed by atoms with Crippen molar-refractivity contribution in [1.29, 1.82) is 0 Å². The highest BCUT2D eigenvalue weighted by Gasteiger charge is 1.92. The molecule has 8 heavy (non-hydrogen) atoms. The third kappa shape index (κ3) is 2.88. The molecule has 0 atom stereocenters. The van der Waals surface area contributed by atoms with Gasteiger partial charge in [-0.1, -0.05) is 45.7 Å². The highest BCUT2D eigenvalue weighted by Crippen LogP contribution is 2.22. The molecular formula is C6H10Br2. The first kappa shape index (κ1) is 8.70. The van der Waals surface area contributed by atoms with Crippen molar-refractivity contribution in [2.75, 3.05) is 0 Å². The van der Waals surface area contributed by atoms with Crippen molar-refractivity contribution >= 4 is 31.9 Å². The van der Waals surface area contributed by atoms with Crippen LogP contribution in [-0.2, 0) is 0 Å². The van der Waals surface area contributed by atoms with Gasteiger partial charge in [0.25, 0.3) is 0 Å². The summed E-state index contributed by atoms with van der Waals surface area (Å²) >= 11 is 6.87. The van der Waals surface area contributed by atoms with E-state index in [1.807, 2.05) is 0 Å². The molecule has 0 aliphatic rings. The van der Waals surface area contributed by atoms with E-state index in [1.165, 1.54) is 8.96 Å². The molecule has 0 aromatic rings. The fourth-order valence-electron chi connectivity index (χ4n) is 0.384. The molecule has 0 spiro atoms. The second-order valence-corrected chi connectivity index (χ2v) is 3.43. The monoisotopic (exact) mass is 240 g/mol. The Morgan fingerprint density at radius 2 is 1.25 bits per heavy atom. The zero-order valence-electron chi connectivity index (χ0n) is 5.17. The van der Waals surface area contributed by atoms with Gasteiger partial charge in [-0.2, -0.15) is 0 Å². The number of allylic oxidation sites excluding steroid dienone is 2. The van der Waals surface area contributed by atoms with Crippen molar-refractivity contribution in [3.63, 3.8) is 0 Å². The maximum Gasteiger partial charge on any atom is 0.00489 e. The summed E-state index contributed by atoms with van der Waals surface area (Å²) in [4.78, 5) is 0. The van der Waals surface area contributed by atoms with Gasteiger partial charge < -0.3 is 0 Å². The molecule has 0 heterocycles. The minimum absolute atomic E-state index is 1.08. The Labute approximate surface area is 67.6 Å². The molecule has 0 aromatic heterocycles. The fraction of sp³-hybridized carbons (Fsp3) is 0.667. The average Bonchev–Trinajstić information content (AvgIpc) is 1.84. The smallest absolute Gasteiger partial charge is 0.00489 e. The van der Waals surface area contributed by atoms with Crippen molar-refractivity contribution < 1.29 is 0 Å². The Kier molecular flexibility index (Phi) is 4.97. The van der Waals surface area contributed by atoms with Gasteiger partial charge in [0.1, 0.15) is 0 Å². The summed E-state index contributed by atoms with van der Waals surface area (Å²) in [6.07, 6.45) is 2.16. The first-order valence-corrected chi connectivity index (χ1v) is 4.34. The van der Waals surface area contributed by atoms with E-state index in [0.717, 1.165) is 12.8 Å². The lowest BCUT2D eigenvalue weighted by Crippen LogP contribution is -1.71. The molecule has 0 unspecified atom stereocenters. The first-order valence-electron chi connectivity index (χ1n) is 2.75. The van der Waals surface area contributed by atoms with Gasteiger partial charge >= 0.3 is 0 Å². The van der Waals surface area contributed by atoms with Crippen LogP contribution in [0.1, 0.15) is 26.7 Å². The van der Waals surface area contributed by atoms with E-state index in [4.69, 9.17) is 0 Å². The standard InChI is InChI=1S/C6H10Br2/c1-3-5(7)6(8)4-2/h3-4H2,1-2H3/b6-5-. The van der Waals surface area contributed by atoms with Crippen LogP contribution in [0.25, 0.3) is 0 Å². The highest BCUT2D eigenvalue weighted by molar-refractivity contribution is 9.14. The van der Waals surface area contributed by atoms with Crippen LogP contribution in [0.2, 0.25) is 0 Å². The summed E-state index contributed by atoms with van der Waals surface area (Å²) in [5.41, 5.74) is 0. The van der Waals surface area contributed by atoms with E-state index in [2.05, 4.69) is 45.7 Å². The minimum Gasteiger partial charge on any atom is -0.0608 e. The van der Waals surface area contributed by atoms with Crippen molar-refractivity contribution in [1.82, 2.24) is 0 Å². The summed E-state index contributed by atoms with van der Waals surface area (Å²) in [7, 11) is 0. The van der Waals surface area contributed by atoms with Gasteiger partial charge in [0.15, 0.2) is 0 Å². The van der Waals surface area contributed by atoms with Gasteiger partial charge in [0.2, 0.25) is 0 Å². The van der Waals surface area contributed by atoms with Gasteiger partial charge in [-0.15, -0.1) is 0 Å². The molecule has 0 amide bonds. The van der Waals surface area contributed by atoms with Crippen molar-refractivity contribution in [3.05, 3.63) is 8.96 Å². The van der Waals surface area contributed by atoms with Crippen molar-refractivity contribution in [2.45, 2.75) is 26.7 Å². The summed E-state index contributed by atoms with van der Waals surface area (Å²) in [5.74, 6) is 0. The van der Waals surface area contributed by atoms with Crippen LogP contribution in [0.5, 0.6) is 0 Å². The first-order chi connectivity index (χ1) is 3.72. The zero-order chi connectivity index (χ0) is 6.57. The Bertz CT molecular complexity index is 82.7. The number of hydrogen-bond donors (Lipinski definition) is 0. The van der Waals surface area contributed by atoms with Crippen LogP contribution in [0, 0.1) is 0 Å². The van der Waals surface area contributed by atoms with E-state index >= 15 is 0 Å². The quantitative estimate of drug-likeness (QED) is 0.690. The molecular weight excluding hydrogens is 232 g/mol. The van der Waals surface area contributed by atoms with Crippen LogP contribution in [0.3, 0.4) is 0 Å². The maximum absolute atomic E-state index is 3.44. The van der Waals surface area contributed by atoms with Gasteiger partial charge in [0, 0.05) is 8.96 Å². The number of hydrogen-bond acceptors (Lipinski definition) is 0. The van der Waals surface area contributed by atoms with Crippen molar-refractivity contribution in [3.8, 4) is 0 Å². The second kappa shape index (κ2) is 4.57. The average molecular weight is 242 g/mol. The lowest BCUT2D eigenvalue weighted by Gasteiger charge is -1.95. The SMILES string of the molecule is CC/C(Br)=C(/Br)CC. The molecule has 0 aliphatic carbocycles. The third-order valence-electron chi connectivity index (χ3n) is 0.915. The van der Waals surface area contributed by atoms with Gasteiger partial charge in [-0.05, 0) is 12.8 Å². The van der Waals surface area contributed by atoms with E-state index in [-0.39, 0.29) is 0 Å². The molecule has 0 radical (unpaired) electrons. The molecule has 0 aromatic carbocycles. The predicted octanol–water partition coefficient (Wildman–Crippen LogP) is 3.81. The lowest BCUT2D eigenvalue weighted by atomic mass is 10.3. The Morgan fingerprint density at radius 1 is 1.00 bits per heavy atom. The van der Waals surface area contributed by atoms with Gasteiger partial charge in [-0.3, -0.25) is 0 Å².